The maximum absolute atomic E-state index is 14.7. The van der Waals surface area contributed by atoms with E-state index in [9.17, 15) is 9.18 Å². The summed E-state index contributed by atoms with van der Waals surface area (Å²) in [6.07, 6.45) is 5.11. The highest BCUT2D eigenvalue weighted by atomic mass is 19.1. The SMILES string of the molecule is CC1(C)OB(C(F)=Cc2cccn(CC3CCNCC3)c2=O)OC1(C)C. The highest BCUT2D eigenvalue weighted by molar-refractivity contribution is 6.54. The molecule has 0 spiro atoms. The molecule has 5 nitrogen and oxygen atoms in total. The van der Waals surface area contributed by atoms with Crippen LogP contribution in [0, 0.1) is 5.92 Å². The summed E-state index contributed by atoms with van der Waals surface area (Å²) in [5.41, 5.74) is -1.68. The average molecular weight is 362 g/mol. The van der Waals surface area contributed by atoms with Gasteiger partial charge in [-0.15, -0.1) is 0 Å². The van der Waals surface area contributed by atoms with Gasteiger partial charge in [0.1, 0.15) is 5.73 Å². The van der Waals surface area contributed by atoms with Crippen molar-refractivity contribution >= 4 is 13.2 Å². The molecule has 0 saturated carbocycles. The third kappa shape index (κ3) is 3.95. The molecule has 0 atom stereocenters. The van der Waals surface area contributed by atoms with Crippen LogP contribution in [0.4, 0.5) is 4.39 Å². The number of nitrogens with one attached hydrogen (secondary N) is 1. The molecule has 3 heterocycles. The Kier molecular flexibility index (Phi) is 5.42. The number of halogens is 1. The van der Waals surface area contributed by atoms with Crippen molar-refractivity contribution in [2.75, 3.05) is 13.1 Å². The molecule has 3 rings (SSSR count). The largest absolute Gasteiger partial charge is 0.525 e. The van der Waals surface area contributed by atoms with Crippen molar-refractivity contribution in [1.29, 1.82) is 0 Å². The highest BCUT2D eigenvalue weighted by Gasteiger charge is 2.53. The molecule has 1 aromatic rings. The van der Waals surface area contributed by atoms with Gasteiger partial charge in [0.05, 0.1) is 11.2 Å². The highest BCUT2D eigenvalue weighted by Crippen LogP contribution is 2.38. The van der Waals surface area contributed by atoms with Gasteiger partial charge in [-0.25, -0.2) is 4.39 Å². The first-order valence-electron chi connectivity index (χ1n) is 9.32. The quantitative estimate of drug-likeness (QED) is 0.837. The Bertz CT molecular complexity index is 723. The lowest BCUT2D eigenvalue weighted by Crippen LogP contribution is -2.41. The Morgan fingerprint density at radius 3 is 2.54 bits per heavy atom. The van der Waals surface area contributed by atoms with Crippen LogP contribution >= 0.6 is 0 Å². The summed E-state index contributed by atoms with van der Waals surface area (Å²) in [6.45, 7) is 10.1. The average Bonchev–Trinajstić information content (AvgIpc) is 2.80. The van der Waals surface area contributed by atoms with Gasteiger partial charge in [-0.2, -0.15) is 0 Å². The van der Waals surface area contributed by atoms with E-state index in [-0.39, 0.29) is 5.56 Å². The van der Waals surface area contributed by atoms with Gasteiger partial charge < -0.3 is 19.2 Å². The maximum Gasteiger partial charge on any atom is 0.525 e. The second-order valence-electron chi connectivity index (χ2n) is 8.23. The van der Waals surface area contributed by atoms with E-state index in [4.69, 9.17) is 9.31 Å². The third-order valence-electron chi connectivity index (χ3n) is 5.74. The van der Waals surface area contributed by atoms with E-state index >= 15 is 0 Å². The van der Waals surface area contributed by atoms with E-state index in [1.54, 1.807) is 22.9 Å². The van der Waals surface area contributed by atoms with Crippen molar-refractivity contribution in [2.24, 2.45) is 5.92 Å². The second-order valence-corrected chi connectivity index (χ2v) is 8.23. The number of hydrogen-bond acceptors (Lipinski definition) is 4. The Labute approximate surface area is 154 Å². The molecule has 0 amide bonds. The van der Waals surface area contributed by atoms with Crippen molar-refractivity contribution < 1.29 is 13.7 Å². The van der Waals surface area contributed by atoms with Gasteiger partial charge in [-0.3, -0.25) is 4.79 Å². The van der Waals surface area contributed by atoms with Crippen LogP contribution in [0.1, 0.15) is 46.1 Å². The van der Waals surface area contributed by atoms with Gasteiger partial charge in [-0.05, 0) is 77.8 Å². The molecule has 7 heteroatoms. The number of rotatable bonds is 4. The second kappa shape index (κ2) is 7.29. The Hall–Kier alpha value is -1.44. The Morgan fingerprint density at radius 2 is 1.92 bits per heavy atom. The van der Waals surface area contributed by atoms with Crippen LogP contribution in [0.2, 0.25) is 0 Å². The maximum atomic E-state index is 14.7. The summed E-state index contributed by atoms with van der Waals surface area (Å²) in [5, 5.41) is 3.32. The monoisotopic (exact) mass is 362 g/mol. The fourth-order valence-electron chi connectivity index (χ4n) is 3.32. The summed E-state index contributed by atoms with van der Waals surface area (Å²) in [5.74, 6) is 0.473. The number of aromatic nitrogens is 1. The molecule has 26 heavy (non-hydrogen) atoms. The van der Waals surface area contributed by atoms with E-state index in [0.717, 1.165) is 25.9 Å². The van der Waals surface area contributed by atoms with Crippen LogP contribution in [0.15, 0.2) is 28.9 Å². The molecule has 0 unspecified atom stereocenters. The summed E-state index contributed by atoms with van der Waals surface area (Å²) >= 11 is 0. The third-order valence-corrected chi connectivity index (χ3v) is 5.74. The van der Waals surface area contributed by atoms with Crippen molar-refractivity contribution in [3.05, 3.63) is 40.0 Å². The van der Waals surface area contributed by atoms with Crippen molar-refractivity contribution in [1.82, 2.24) is 9.88 Å². The summed E-state index contributed by atoms with van der Waals surface area (Å²) in [6, 6.07) is 3.41. The summed E-state index contributed by atoms with van der Waals surface area (Å²) in [7, 11) is -1.09. The van der Waals surface area contributed by atoms with Crippen LogP contribution in [0.5, 0.6) is 0 Å². The van der Waals surface area contributed by atoms with Crippen LogP contribution in [0.25, 0.3) is 6.08 Å². The molecular weight excluding hydrogens is 334 g/mol. The minimum absolute atomic E-state index is 0.183. The Morgan fingerprint density at radius 1 is 1.31 bits per heavy atom. The smallest absolute Gasteiger partial charge is 0.398 e. The number of pyridine rings is 1. The topological polar surface area (TPSA) is 52.5 Å². The fraction of sp³-hybridized carbons (Fsp3) is 0.632. The predicted molar refractivity (Wildman–Crippen MR) is 101 cm³/mol. The number of hydrogen-bond donors (Lipinski definition) is 1. The lowest BCUT2D eigenvalue weighted by atomic mass is 9.87. The fourth-order valence-corrected chi connectivity index (χ4v) is 3.32. The van der Waals surface area contributed by atoms with E-state index in [2.05, 4.69) is 5.32 Å². The lowest BCUT2D eigenvalue weighted by Gasteiger charge is -2.32. The van der Waals surface area contributed by atoms with Crippen LogP contribution < -0.4 is 10.9 Å². The summed E-state index contributed by atoms with van der Waals surface area (Å²) < 4.78 is 27.8. The lowest BCUT2D eigenvalue weighted by molar-refractivity contribution is 0.00578. The van der Waals surface area contributed by atoms with E-state index in [1.165, 1.54) is 6.08 Å². The molecule has 0 aromatic carbocycles. The normalized spacial score (nSPS) is 23.4. The van der Waals surface area contributed by atoms with Crippen molar-refractivity contribution in [2.45, 2.75) is 58.3 Å². The molecule has 1 N–H and O–H groups in total. The van der Waals surface area contributed by atoms with E-state index in [1.807, 2.05) is 27.7 Å². The molecule has 0 bridgehead atoms. The van der Waals surface area contributed by atoms with E-state index < -0.39 is 24.0 Å². The molecule has 2 aliphatic rings. The summed E-state index contributed by atoms with van der Waals surface area (Å²) in [4.78, 5) is 12.7. The zero-order chi connectivity index (χ0) is 18.9. The predicted octanol–water partition coefficient (Wildman–Crippen LogP) is 2.79. The van der Waals surface area contributed by atoms with E-state index in [0.29, 0.717) is 18.0 Å². The molecule has 142 valence electrons. The van der Waals surface area contributed by atoms with Gasteiger partial charge >= 0.3 is 7.12 Å². The first-order chi connectivity index (χ1) is 12.2. The van der Waals surface area contributed by atoms with Gasteiger partial charge in [0.2, 0.25) is 0 Å². The molecule has 0 aliphatic carbocycles. The molecule has 2 aliphatic heterocycles. The zero-order valence-electron chi connectivity index (χ0n) is 16.0. The molecule has 0 radical (unpaired) electrons. The molecule has 2 fully saturated rings. The number of nitrogens with zero attached hydrogens (tertiary/aromatic N) is 1. The van der Waals surface area contributed by atoms with Crippen molar-refractivity contribution in [3.8, 4) is 0 Å². The molecule has 1 aromatic heterocycles. The van der Waals surface area contributed by atoms with Crippen LogP contribution in [-0.2, 0) is 15.9 Å². The first kappa shape index (κ1) is 19.3. The number of piperidine rings is 1. The van der Waals surface area contributed by atoms with Gasteiger partial charge in [0.25, 0.3) is 5.56 Å². The Balaban J connectivity index is 1.78. The van der Waals surface area contributed by atoms with Gasteiger partial charge in [0.15, 0.2) is 0 Å². The van der Waals surface area contributed by atoms with Gasteiger partial charge in [-0.1, -0.05) is 0 Å². The zero-order valence-corrected chi connectivity index (χ0v) is 16.0. The van der Waals surface area contributed by atoms with Crippen LogP contribution in [0.3, 0.4) is 0 Å². The van der Waals surface area contributed by atoms with Gasteiger partial charge in [0, 0.05) is 18.3 Å². The van der Waals surface area contributed by atoms with Crippen LogP contribution in [-0.4, -0.2) is 36.0 Å². The first-order valence-corrected chi connectivity index (χ1v) is 9.32. The molecule has 2 saturated heterocycles. The standard InChI is InChI=1S/C19H28BFN2O3/c1-18(2)19(3,4)26-20(25-18)16(21)12-15-6-5-11-23(17(15)24)13-14-7-9-22-10-8-14/h5-6,11-12,14,22H,7-10,13H2,1-4H3. The minimum atomic E-state index is -1.09. The minimum Gasteiger partial charge on any atom is -0.398 e. The van der Waals surface area contributed by atoms with Crippen molar-refractivity contribution in [3.63, 3.8) is 0 Å². The molecular formula is C19H28BFN2O3.